The third-order valence-corrected chi connectivity index (χ3v) is 6.23. The van der Waals surface area contributed by atoms with Gasteiger partial charge < -0.3 is 15.0 Å². The molecule has 1 aromatic carbocycles. The molecule has 1 unspecified atom stereocenters. The summed E-state index contributed by atoms with van der Waals surface area (Å²) >= 11 is 0. The zero-order valence-corrected chi connectivity index (χ0v) is 17.3. The van der Waals surface area contributed by atoms with Gasteiger partial charge in [0.15, 0.2) is 0 Å². The van der Waals surface area contributed by atoms with Gasteiger partial charge in [0.1, 0.15) is 11.3 Å². The molecule has 154 valence electrons. The van der Waals surface area contributed by atoms with Crippen LogP contribution in [0.4, 0.5) is 0 Å². The van der Waals surface area contributed by atoms with Crippen LogP contribution in [0.2, 0.25) is 0 Å². The fourth-order valence-corrected chi connectivity index (χ4v) is 4.38. The van der Waals surface area contributed by atoms with Gasteiger partial charge in [0, 0.05) is 19.0 Å². The molecule has 0 spiro atoms. The number of carbonyl (C=O) groups excluding carboxylic acids is 2. The average Bonchev–Trinajstić information content (AvgIpc) is 2.95. The molecule has 1 saturated heterocycles. The number of rotatable bonds is 6. The van der Waals surface area contributed by atoms with Gasteiger partial charge in [-0.25, -0.2) is 0 Å². The molecule has 3 rings (SSSR count). The molecule has 1 aliphatic heterocycles. The summed E-state index contributed by atoms with van der Waals surface area (Å²) in [5.74, 6) is 0.892. The molecule has 2 fully saturated rings. The van der Waals surface area contributed by atoms with E-state index in [0.29, 0.717) is 26.0 Å². The minimum atomic E-state index is -0.766. The van der Waals surface area contributed by atoms with Crippen LogP contribution < -0.4 is 10.1 Å². The normalized spacial score (nSPS) is 23.9. The van der Waals surface area contributed by atoms with E-state index in [1.54, 1.807) is 4.90 Å². The van der Waals surface area contributed by atoms with Gasteiger partial charge in [-0.1, -0.05) is 44.2 Å². The van der Waals surface area contributed by atoms with Gasteiger partial charge in [0.05, 0.1) is 6.61 Å². The minimum absolute atomic E-state index is 0.00913. The summed E-state index contributed by atoms with van der Waals surface area (Å²) in [7, 11) is 0. The maximum atomic E-state index is 13.2. The Morgan fingerprint density at radius 2 is 1.79 bits per heavy atom. The summed E-state index contributed by atoms with van der Waals surface area (Å²) in [6.07, 6.45) is 9.30. The van der Waals surface area contributed by atoms with E-state index in [-0.39, 0.29) is 17.9 Å². The van der Waals surface area contributed by atoms with Crippen molar-refractivity contribution in [2.45, 2.75) is 89.8 Å². The van der Waals surface area contributed by atoms with Crippen molar-refractivity contribution in [3.63, 3.8) is 0 Å². The number of benzene rings is 1. The van der Waals surface area contributed by atoms with Crippen LogP contribution in [-0.4, -0.2) is 34.9 Å². The predicted octanol–water partition coefficient (Wildman–Crippen LogP) is 4.20. The van der Waals surface area contributed by atoms with Crippen molar-refractivity contribution < 1.29 is 14.3 Å². The van der Waals surface area contributed by atoms with Crippen molar-refractivity contribution in [3.8, 4) is 5.75 Å². The van der Waals surface area contributed by atoms with Gasteiger partial charge in [-0.05, 0) is 50.8 Å². The third-order valence-electron chi connectivity index (χ3n) is 6.23. The Labute approximate surface area is 168 Å². The number of nitrogens with one attached hydrogen (secondary N) is 1. The van der Waals surface area contributed by atoms with Crippen LogP contribution in [0.15, 0.2) is 24.3 Å². The van der Waals surface area contributed by atoms with Gasteiger partial charge in [0.25, 0.3) is 0 Å². The van der Waals surface area contributed by atoms with Crippen LogP contribution in [0.3, 0.4) is 0 Å². The predicted molar refractivity (Wildman–Crippen MR) is 110 cm³/mol. The van der Waals surface area contributed by atoms with E-state index in [1.165, 1.54) is 32.1 Å². The van der Waals surface area contributed by atoms with Gasteiger partial charge >= 0.3 is 0 Å². The van der Waals surface area contributed by atoms with Crippen molar-refractivity contribution in [1.29, 1.82) is 0 Å². The van der Waals surface area contributed by atoms with Gasteiger partial charge in [0.2, 0.25) is 11.8 Å². The Hall–Kier alpha value is -2.04. The minimum Gasteiger partial charge on any atom is -0.494 e. The van der Waals surface area contributed by atoms with Crippen LogP contribution in [0, 0.1) is 0 Å². The molecule has 0 radical (unpaired) electrons. The summed E-state index contributed by atoms with van der Waals surface area (Å²) in [6, 6.07) is 8.04. The maximum absolute atomic E-state index is 13.2. The lowest BCUT2D eigenvalue weighted by atomic mass is 9.93. The van der Waals surface area contributed by atoms with E-state index in [0.717, 1.165) is 24.2 Å². The second kappa shape index (κ2) is 9.44. The summed E-state index contributed by atoms with van der Waals surface area (Å²) < 4.78 is 5.49. The molecular weight excluding hydrogens is 352 g/mol. The number of hydrogen-bond acceptors (Lipinski definition) is 3. The fourth-order valence-electron chi connectivity index (χ4n) is 4.38. The second-order valence-electron chi connectivity index (χ2n) is 8.35. The van der Waals surface area contributed by atoms with Crippen molar-refractivity contribution in [2.75, 3.05) is 6.61 Å². The molecule has 1 saturated carbocycles. The first-order valence-corrected chi connectivity index (χ1v) is 10.9. The number of amides is 2. The molecule has 1 atom stereocenters. The highest BCUT2D eigenvalue weighted by Crippen LogP contribution is 2.33. The smallest absolute Gasteiger partial charge is 0.245 e. The SMILES string of the molecule is CCOc1ccc(CN2C(=O)CCC2(C)C(=O)NC2CCCCCCC2)cc1. The highest BCUT2D eigenvalue weighted by Gasteiger charge is 2.47. The van der Waals surface area contributed by atoms with E-state index >= 15 is 0 Å². The summed E-state index contributed by atoms with van der Waals surface area (Å²) in [5.41, 5.74) is 0.251. The first kappa shape index (κ1) is 20.7. The van der Waals surface area contributed by atoms with Crippen molar-refractivity contribution in [2.24, 2.45) is 0 Å². The molecule has 1 N–H and O–H groups in total. The number of likely N-dealkylation sites (tertiary alicyclic amines) is 1. The fraction of sp³-hybridized carbons (Fsp3) is 0.652. The Bertz CT molecular complexity index is 665. The van der Waals surface area contributed by atoms with Gasteiger partial charge in [-0.15, -0.1) is 0 Å². The standard InChI is InChI=1S/C23H34N2O3/c1-3-28-20-13-11-18(12-14-20)17-25-21(26)15-16-23(25,2)22(27)24-19-9-7-5-4-6-8-10-19/h11-14,19H,3-10,15-17H2,1-2H3,(H,24,27). The lowest BCUT2D eigenvalue weighted by molar-refractivity contribution is -0.141. The molecule has 28 heavy (non-hydrogen) atoms. The van der Waals surface area contributed by atoms with E-state index in [1.807, 2.05) is 38.1 Å². The summed E-state index contributed by atoms with van der Waals surface area (Å²) in [4.78, 5) is 27.5. The molecule has 5 heteroatoms. The second-order valence-corrected chi connectivity index (χ2v) is 8.35. The largest absolute Gasteiger partial charge is 0.494 e. The zero-order chi connectivity index (χ0) is 20.0. The third kappa shape index (κ3) is 4.86. The Morgan fingerprint density at radius 3 is 2.43 bits per heavy atom. The van der Waals surface area contributed by atoms with Crippen LogP contribution >= 0.6 is 0 Å². The van der Waals surface area contributed by atoms with E-state index < -0.39 is 5.54 Å². The number of hydrogen-bond donors (Lipinski definition) is 1. The van der Waals surface area contributed by atoms with E-state index in [2.05, 4.69) is 5.32 Å². The van der Waals surface area contributed by atoms with Gasteiger partial charge in [-0.3, -0.25) is 9.59 Å². The first-order chi connectivity index (χ1) is 13.5. The van der Waals surface area contributed by atoms with Crippen LogP contribution in [0.1, 0.15) is 77.2 Å². The van der Waals surface area contributed by atoms with Crippen LogP contribution in [0.5, 0.6) is 5.75 Å². The number of ether oxygens (including phenoxy) is 1. The quantitative estimate of drug-likeness (QED) is 0.797. The molecule has 1 aromatic rings. The molecule has 0 bridgehead atoms. The summed E-state index contributed by atoms with van der Waals surface area (Å²) in [5, 5.41) is 3.28. The van der Waals surface area contributed by atoms with E-state index in [4.69, 9.17) is 4.74 Å². The van der Waals surface area contributed by atoms with Crippen LogP contribution in [-0.2, 0) is 16.1 Å². The Kier molecular flexibility index (Phi) is 6.97. The molecule has 2 amide bonds. The lowest BCUT2D eigenvalue weighted by Crippen LogP contribution is -2.56. The van der Waals surface area contributed by atoms with Gasteiger partial charge in [-0.2, -0.15) is 0 Å². The molecule has 1 heterocycles. The van der Waals surface area contributed by atoms with Crippen molar-refractivity contribution >= 4 is 11.8 Å². The molecular formula is C23H34N2O3. The number of nitrogens with zero attached hydrogens (tertiary/aromatic N) is 1. The molecule has 5 nitrogen and oxygen atoms in total. The highest BCUT2D eigenvalue weighted by molar-refractivity contribution is 5.94. The first-order valence-electron chi connectivity index (χ1n) is 10.9. The summed E-state index contributed by atoms with van der Waals surface area (Å²) in [6.45, 7) is 4.96. The monoisotopic (exact) mass is 386 g/mol. The zero-order valence-electron chi connectivity index (χ0n) is 17.3. The molecule has 2 aliphatic rings. The Balaban J connectivity index is 1.67. The van der Waals surface area contributed by atoms with E-state index in [9.17, 15) is 9.59 Å². The maximum Gasteiger partial charge on any atom is 0.245 e. The lowest BCUT2D eigenvalue weighted by Gasteiger charge is -2.35. The van der Waals surface area contributed by atoms with Crippen LogP contribution in [0.25, 0.3) is 0 Å². The molecule has 1 aliphatic carbocycles. The topological polar surface area (TPSA) is 58.6 Å². The van der Waals surface area contributed by atoms with Crippen molar-refractivity contribution in [3.05, 3.63) is 29.8 Å². The average molecular weight is 387 g/mol. The number of carbonyl (C=O) groups is 2. The highest BCUT2D eigenvalue weighted by atomic mass is 16.5. The molecule has 0 aromatic heterocycles. The van der Waals surface area contributed by atoms with Crippen molar-refractivity contribution in [1.82, 2.24) is 10.2 Å². The Morgan fingerprint density at radius 1 is 1.14 bits per heavy atom.